The van der Waals surface area contributed by atoms with E-state index in [-0.39, 0.29) is 6.10 Å². The summed E-state index contributed by atoms with van der Waals surface area (Å²) < 4.78 is 0. The van der Waals surface area contributed by atoms with Gasteiger partial charge in [-0.1, -0.05) is 25.5 Å². The predicted molar refractivity (Wildman–Crippen MR) is 58.3 cm³/mol. The van der Waals surface area contributed by atoms with E-state index in [0.29, 0.717) is 17.4 Å². The quantitative estimate of drug-likeness (QED) is 0.798. The summed E-state index contributed by atoms with van der Waals surface area (Å²) in [6.45, 7) is 2.11. The van der Waals surface area contributed by atoms with E-state index in [1.807, 2.05) is 24.3 Å². The largest absolute Gasteiger partial charge is 0.393 e. The highest BCUT2D eigenvalue weighted by Gasteiger charge is 2.38. The van der Waals surface area contributed by atoms with E-state index in [2.05, 4.69) is 13.0 Å². The van der Waals surface area contributed by atoms with Crippen LogP contribution in [0.4, 0.5) is 0 Å². The summed E-state index contributed by atoms with van der Waals surface area (Å²) in [5.74, 6) is 0.885. The molecule has 1 saturated carbocycles. The molecule has 0 saturated heterocycles. The average Bonchev–Trinajstić information content (AvgIpc) is 2.26. The number of rotatable bonds is 2. The highest BCUT2D eigenvalue weighted by molar-refractivity contribution is 5.34. The van der Waals surface area contributed by atoms with Gasteiger partial charge >= 0.3 is 0 Å². The minimum Gasteiger partial charge on any atom is -0.393 e. The zero-order valence-corrected chi connectivity index (χ0v) is 8.85. The van der Waals surface area contributed by atoms with Gasteiger partial charge in [-0.25, -0.2) is 0 Å². The smallest absolute Gasteiger partial charge is 0.0991 e. The first-order valence-electron chi connectivity index (χ1n) is 5.44. The number of nitriles is 1. The summed E-state index contributed by atoms with van der Waals surface area (Å²) in [4.78, 5) is 0. The van der Waals surface area contributed by atoms with E-state index in [1.54, 1.807) is 0 Å². The third-order valence-corrected chi connectivity index (χ3v) is 3.45. The Hall–Kier alpha value is -1.33. The van der Waals surface area contributed by atoms with E-state index < -0.39 is 0 Å². The van der Waals surface area contributed by atoms with Gasteiger partial charge in [-0.05, 0) is 36.0 Å². The highest BCUT2D eigenvalue weighted by Crippen LogP contribution is 2.44. The van der Waals surface area contributed by atoms with Gasteiger partial charge in [0.1, 0.15) is 0 Å². The van der Waals surface area contributed by atoms with Gasteiger partial charge in [0.2, 0.25) is 0 Å². The van der Waals surface area contributed by atoms with Gasteiger partial charge in [-0.2, -0.15) is 5.26 Å². The summed E-state index contributed by atoms with van der Waals surface area (Å²) in [5, 5.41) is 18.3. The average molecular weight is 201 g/mol. The first-order chi connectivity index (χ1) is 7.26. The van der Waals surface area contributed by atoms with E-state index >= 15 is 0 Å². The first kappa shape index (κ1) is 10.2. The predicted octanol–water partition coefficient (Wildman–Crippen LogP) is 2.43. The fourth-order valence-corrected chi connectivity index (χ4v) is 2.43. The molecule has 2 nitrogen and oxygen atoms in total. The van der Waals surface area contributed by atoms with Crippen LogP contribution >= 0.6 is 0 Å². The standard InChI is InChI=1S/C13H15NO/c1-2-11-12(7-13(11)15)10-5-3-9(8-14)4-6-10/h3-6,11-13,15H,2,7H2,1H3. The Morgan fingerprint density at radius 1 is 1.40 bits per heavy atom. The van der Waals surface area contributed by atoms with Crippen LogP contribution in [-0.2, 0) is 0 Å². The number of hydrogen-bond acceptors (Lipinski definition) is 2. The summed E-state index contributed by atoms with van der Waals surface area (Å²) in [6, 6.07) is 9.84. The second kappa shape index (κ2) is 4.04. The maximum atomic E-state index is 9.59. The molecule has 0 amide bonds. The van der Waals surface area contributed by atoms with Gasteiger partial charge in [-0.15, -0.1) is 0 Å². The fourth-order valence-electron chi connectivity index (χ4n) is 2.43. The molecule has 15 heavy (non-hydrogen) atoms. The maximum Gasteiger partial charge on any atom is 0.0991 e. The third-order valence-electron chi connectivity index (χ3n) is 3.45. The molecule has 0 bridgehead atoms. The van der Waals surface area contributed by atoms with Crippen LogP contribution in [0.25, 0.3) is 0 Å². The molecular weight excluding hydrogens is 186 g/mol. The lowest BCUT2D eigenvalue weighted by atomic mass is 9.66. The molecule has 2 rings (SSSR count). The minimum atomic E-state index is -0.129. The SMILES string of the molecule is CCC1C(O)CC1c1ccc(C#N)cc1. The Morgan fingerprint density at radius 2 is 2.07 bits per heavy atom. The first-order valence-corrected chi connectivity index (χ1v) is 5.44. The Bertz CT molecular complexity index is 377. The molecule has 0 radical (unpaired) electrons. The van der Waals surface area contributed by atoms with Crippen molar-refractivity contribution in [3.63, 3.8) is 0 Å². The monoisotopic (exact) mass is 201 g/mol. The van der Waals surface area contributed by atoms with Crippen LogP contribution in [0.15, 0.2) is 24.3 Å². The topological polar surface area (TPSA) is 44.0 Å². The number of aliphatic hydroxyl groups is 1. The zero-order valence-electron chi connectivity index (χ0n) is 8.85. The molecule has 0 spiro atoms. The van der Waals surface area contributed by atoms with E-state index in [1.165, 1.54) is 5.56 Å². The van der Waals surface area contributed by atoms with Gasteiger partial charge in [0.05, 0.1) is 17.7 Å². The molecule has 2 heteroatoms. The van der Waals surface area contributed by atoms with Crippen LogP contribution in [0.3, 0.4) is 0 Å². The maximum absolute atomic E-state index is 9.59. The van der Waals surface area contributed by atoms with Crippen LogP contribution in [0.5, 0.6) is 0 Å². The van der Waals surface area contributed by atoms with Gasteiger partial charge in [0.15, 0.2) is 0 Å². The van der Waals surface area contributed by atoms with Gasteiger partial charge in [0, 0.05) is 0 Å². The Kier molecular flexibility index (Phi) is 2.75. The van der Waals surface area contributed by atoms with Crippen molar-refractivity contribution < 1.29 is 5.11 Å². The van der Waals surface area contributed by atoms with Crippen molar-refractivity contribution >= 4 is 0 Å². The zero-order chi connectivity index (χ0) is 10.8. The molecule has 0 aromatic heterocycles. The Labute approximate surface area is 90.2 Å². The normalized spacial score (nSPS) is 29.3. The van der Waals surface area contributed by atoms with Crippen molar-refractivity contribution in [3.05, 3.63) is 35.4 Å². The summed E-state index contributed by atoms with van der Waals surface area (Å²) >= 11 is 0. The van der Waals surface area contributed by atoms with E-state index in [4.69, 9.17) is 5.26 Å². The van der Waals surface area contributed by atoms with Crippen LogP contribution in [0, 0.1) is 17.2 Å². The Balaban J connectivity index is 2.14. The second-order valence-corrected chi connectivity index (χ2v) is 4.22. The molecule has 1 N–H and O–H groups in total. The molecule has 0 aliphatic heterocycles. The summed E-state index contributed by atoms with van der Waals surface area (Å²) in [7, 11) is 0. The lowest BCUT2D eigenvalue weighted by Gasteiger charge is -2.41. The van der Waals surface area contributed by atoms with Crippen molar-refractivity contribution in [1.29, 1.82) is 5.26 Å². The minimum absolute atomic E-state index is 0.129. The molecule has 1 aliphatic rings. The van der Waals surface area contributed by atoms with Crippen molar-refractivity contribution in [2.24, 2.45) is 5.92 Å². The molecule has 1 aromatic carbocycles. The lowest BCUT2D eigenvalue weighted by molar-refractivity contribution is -0.000724. The van der Waals surface area contributed by atoms with Crippen LogP contribution in [0.2, 0.25) is 0 Å². The number of benzene rings is 1. The summed E-state index contributed by atoms with van der Waals surface area (Å²) in [5.41, 5.74) is 1.96. The second-order valence-electron chi connectivity index (χ2n) is 4.22. The Morgan fingerprint density at radius 3 is 2.53 bits per heavy atom. The lowest BCUT2D eigenvalue weighted by Crippen LogP contribution is -2.38. The number of aliphatic hydroxyl groups excluding tert-OH is 1. The molecule has 1 aromatic rings. The number of hydrogen-bond donors (Lipinski definition) is 1. The van der Waals surface area contributed by atoms with Gasteiger partial charge in [-0.3, -0.25) is 0 Å². The van der Waals surface area contributed by atoms with E-state index in [9.17, 15) is 5.11 Å². The highest BCUT2D eigenvalue weighted by atomic mass is 16.3. The van der Waals surface area contributed by atoms with Crippen molar-refractivity contribution in [2.75, 3.05) is 0 Å². The third kappa shape index (κ3) is 1.75. The van der Waals surface area contributed by atoms with Crippen LogP contribution < -0.4 is 0 Å². The molecular formula is C13H15NO. The molecule has 3 atom stereocenters. The van der Waals surface area contributed by atoms with E-state index in [0.717, 1.165) is 12.8 Å². The van der Waals surface area contributed by atoms with Crippen molar-refractivity contribution in [3.8, 4) is 6.07 Å². The van der Waals surface area contributed by atoms with Gasteiger partial charge in [0.25, 0.3) is 0 Å². The molecule has 78 valence electrons. The van der Waals surface area contributed by atoms with Crippen molar-refractivity contribution in [2.45, 2.75) is 31.8 Å². The van der Waals surface area contributed by atoms with Crippen LogP contribution in [-0.4, -0.2) is 11.2 Å². The fraction of sp³-hybridized carbons (Fsp3) is 0.462. The van der Waals surface area contributed by atoms with Gasteiger partial charge < -0.3 is 5.11 Å². The molecule has 1 fully saturated rings. The van der Waals surface area contributed by atoms with Crippen LogP contribution in [0.1, 0.15) is 36.8 Å². The molecule has 3 unspecified atom stereocenters. The molecule has 1 aliphatic carbocycles. The summed E-state index contributed by atoms with van der Waals surface area (Å²) in [6.07, 6.45) is 1.76. The number of nitrogens with zero attached hydrogens (tertiary/aromatic N) is 1. The molecule has 0 heterocycles. The van der Waals surface area contributed by atoms with Crippen molar-refractivity contribution in [1.82, 2.24) is 0 Å².